The highest BCUT2D eigenvalue weighted by molar-refractivity contribution is 14.1. The molecule has 2 aliphatic rings. The molecule has 0 fully saturated rings. The van der Waals surface area contributed by atoms with Gasteiger partial charge < -0.3 is 19.7 Å². The van der Waals surface area contributed by atoms with Crippen LogP contribution in [-0.4, -0.2) is 16.2 Å². The topological polar surface area (TPSA) is 76.0 Å². The van der Waals surface area contributed by atoms with Gasteiger partial charge in [0.2, 0.25) is 0 Å². The molecule has 0 unspecified atom stereocenters. The lowest BCUT2D eigenvalue weighted by Gasteiger charge is -2.37. The van der Waals surface area contributed by atoms with E-state index >= 15 is 0 Å². The third kappa shape index (κ3) is 2.75. The molecule has 9 heteroatoms. The first-order valence-corrected chi connectivity index (χ1v) is 12.5. The number of carbonyl (C=O) groups is 1. The Kier molecular flexibility index (Phi) is 4.90. The van der Waals surface area contributed by atoms with E-state index in [1.807, 2.05) is 0 Å². The molecule has 0 amide bonds. The zero-order valence-electron chi connectivity index (χ0n) is 14.1. The van der Waals surface area contributed by atoms with Gasteiger partial charge in [0.1, 0.15) is 23.0 Å². The smallest absolute Gasteiger partial charge is 0.341 e. The molecule has 2 aliphatic heterocycles. The number of hydrogen-bond acceptors (Lipinski definition) is 5. The molecule has 0 radical (unpaired) electrons. The van der Waals surface area contributed by atoms with Gasteiger partial charge in [0.15, 0.2) is 5.60 Å². The molecule has 146 valence electrons. The number of fused-ring (bicyclic) bond motifs is 6. The van der Waals surface area contributed by atoms with Crippen LogP contribution >= 0.6 is 90.4 Å². The van der Waals surface area contributed by atoms with Crippen molar-refractivity contribution in [1.82, 2.24) is 0 Å². The summed E-state index contributed by atoms with van der Waals surface area (Å²) >= 11 is 8.98. The summed E-state index contributed by atoms with van der Waals surface area (Å²) in [5, 5.41) is 20.0. The summed E-state index contributed by atoms with van der Waals surface area (Å²) in [4.78, 5) is 13.2. The van der Waals surface area contributed by atoms with Crippen molar-refractivity contribution in [1.29, 1.82) is 0 Å². The molecular formula is C20H8I4O5. The highest BCUT2D eigenvalue weighted by Crippen LogP contribution is 2.59. The molecule has 5 nitrogen and oxygen atoms in total. The van der Waals surface area contributed by atoms with Crippen molar-refractivity contribution in [2.75, 3.05) is 0 Å². The largest absolute Gasteiger partial charge is 0.508 e. The van der Waals surface area contributed by atoms with Gasteiger partial charge in [0.05, 0.1) is 5.56 Å². The number of hydrogen-bond donors (Lipinski definition) is 2. The SMILES string of the molecule is O=C1OC2(c3ccc(O)cc3Oc3cc(O)ccc32)c2c(I)c(I)c(I)c(I)c21. The summed E-state index contributed by atoms with van der Waals surface area (Å²) in [6.45, 7) is 0. The van der Waals surface area contributed by atoms with E-state index < -0.39 is 11.6 Å². The predicted octanol–water partition coefficient (Wildman–Crippen LogP) is 6.08. The molecule has 2 heterocycles. The van der Waals surface area contributed by atoms with Crippen LogP contribution in [0.2, 0.25) is 0 Å². The number of phenolic OH excluding ortho intramolecular Hbond substituents is 2. The molecule has 5 rings (SSSR count). The van der Waals surface area contributed by atoms with Crippen molar-refractivity contribution >= 4 is 96.3 Å². The van der Waals surface area contributed by atoms with Gasteiger partial charge in [-0.15, -0.1) is 0 Å². The lowest BCUT2D eigenvalue weighted by molar-refractivity contribution is 0.0222. The Morgan fingerprint density at radius 2 is 1.28 bits per heavy atom. The number of halogens is 4. The van der Waals surface area contributed by atoms with E-state index in [9.17, 15) is 15.0 Å². The van der Waals surface area contributed by atoms with Gasteiger partial charge in [-0.2, -0.15) is 0 Å². The molecule has 0 atom stereocenters. The van der Waals surface area contributed by atoms with Crippen molar-refractivity contribution < 1.29 is 24.5 Å². The maximum atomic E-state index is 13.2. The molecule has 0 aromatic heterocycles. The van der Waals surface area contributed by atoms with Crippen molar-refractivity contribution in [3.8, 4) is 23.0 Å². The van der Waals surface area contributed by atoms with Crippen molar-refractivity contribution in [2.45, 2.75) is 5.60 Å². The van der Waals surface area contributed by atoms with Gasteiger partial charge in [0, 0.05) is 43.1 Å². The van der Waals surface area contributed by atoms with Gasteiger partial charge in [-0.3, -0.25) is 0 Å². The number of rotatable bonds is 0. The fourth-order valence-corrected chi connectivity index (χ4v) is 7.60. The van der Waals surface area contributed by atoms with Crippen molar-refractivity contribution in [2.24, 2.45) is 0 Å². The van der Waals surface area contributed by atoms with Crippen LogP contribution in [0.5, 0.6) is 23.0 Å². The lowest BCUT2D eigenvalue weighted by Crippen LogP contribution is -2.33. The standard InChI is InChI=1S/C20H8I4O5/c21-15-13-14(16(22)18(24)17(15)23)20(29-19(13)27)9-3-1-7(25)5-11(9)28-12-6-8(26)2-4-10(12)20/h1-6,25-26H. The highest BCUT2D eigenvalue weighted by Gasteiger charge is 2.56. The molecule has 2 N–H and O–H groups in total. The third-order valence-corrected chi connectivity index (χ3v) is 12.4. The molecule has 0 saturated heterocycles. The lowest BCUT2D eigenvalue weighted by atomic mass is 9.77. The van der Waals surface area contributed by atoms with Gasteiger partial charge in [-0.25, -0.2) is 4.79 Å². The number of carbonyl (C=O) groups excluding carboxylic acids is 1. The van der Waals surface area contributed by atoms with Crippen LogP contribution in [-0.2, 0) is 10.3 Å². The molecule has 1 spiro atoms. The summed E-state index contributed by atoms with van der Waals surface area (Å²) < 4.78 is 16.0. The normalized spacial score (nSPS) is 15.4. The molecule has 3 aromatic carbocycles. The van der Waals surface area contributed by atoms with Gasteiger partial charge in [-0.05, 0) is 115 Å². The summed E-state index contributed by atoms with van der Waals surface area (Å²) in [5.41, 5.74) is 1.34. The Morgan fingerprint density at radius 3 is 1.83 bits per heavy atom. The number of aromatic hydroxyl groups is 2. The van der Waals surface area contributed by atoms with Crippen molar-refractivity contribution in [3.63, 3.8) is 0 Å². The fourth-order valence-electron chi connectivity index (χ4n) is 3.81. The zero-order chi connectivity index (χ0) is 20.7. The molecule has 0 saturated carbocycles. The minimum Gasteiger partial charge on any atom is -0.508 e. The monoisotopic (exact) mass is 836 g/mol. The average molecular weight is 836 g/mol. The van der Waals surface area contributed by atoms with Crippen LogP contribution in [0, 0.1) is 14.3 Å². The van der Waals surface area contributed by atoms with Crippen LogP contribution in [0.3, 0.4) is 0 Å². The minimum absolute atomic E-state index is 0.0357. The van der Waals surface area contributed by atoms with E-state index in [2.05, 4.69) is 90.4 Å². The van der Waals surface area contributed by atoms with Gasteiger partial charge >= 0.3 is 5.97 Å². The summed E-state index contributed by atoms with van der Waals surface area (Å²) in [7, 11) is 0. The van der Waals surface area contributed by atoms with E-state index in [0.29, 0.717) is 28.2 Å². The van der Waals surface area contributed by atoms with Crippen LogP contribution < -0.4 is 4.74 Å². The first kappa shape index (κ1) is 20.4. The van der Waals surface area contributed by atoms with E-state index in [1.165, 1.54) is 12.1 Å². The van der Waals surface area contributed by atoms with E-state index in [1.54, 1.807) is 24.3 Å². The van der Waals surface area contributed by atoms with Crippen molar-refractivity contribution in [3.05, 3.63) is 72.9 Å². The number of esters is 1. The number of benzene rings is 3. The molecule has 0 bridgehead atoms. The highest BCUT2D eigenvalue weighted by atomic mass is 127. The van der Waals surface area contributed by atoms with Crippen LogP contribution in [0.4, 0.5) is 0 Å². The van der Waals surface area contributed by atoms with E-state index in [-0.39, 0.29) is 11.5 Å². The number of ether oxygens (including phenoxy) is 2. The van der Waals surface area contributed by atoms with E-state index in [4.69, 9.17) is 9.47 Å². The molecular weight excluding hydrogens is 828 g/mol. The average Bonchev–Trinajstić information content (AvgIpc) is 2.97. The Balaban J connectivity index is 1.98. The molecule has 0 aliphatic carbocycles. The Morgan fingerprint density at radius 1 is 0.759 bits per heavy atom. The maximum Gasteiger partial charge on any atom is 0.341 e. The maximum absolute atomic E-state index is 13.2. The van der Waals surface area contributed by atoms with Crippen LogP contribution in [0.15, 0.2) is 36.4 Å². The predicted molar refractivity (Wildman–Crippen MR) is 139 cm³/mol. The van der Waals surface area contributed by atoms with Crippen LogP contribution in [0.25, 0.3) is 0 Å². The zero-order valence-corrected chi connectivity index (χ0v) is 22.7. The third-order valence-electron chi connectivity index (χ3n) is 4.98. The Bertz CT molecular complexity index is 1200. The second-order valence-electron chi connectivity index (χ2n) is 6.54. The Hall–Kier alpha value is -0.550. The summed E-state index contributed by atoms with van der Waals surface area (Å²) in [6.07, 6.45) is 0. The first-order chi connectivity index (χ1) is 13.8. The summed E-state index contributed by atoms with van der Waals surface area (Å²) in [6, 6.07) is 9.53. The molecule has 29 heavy (non-hydrogen) atoms. The first-order valence-electron chi connectivity index (χ1n) is 8.20. The number of phenols is 2. The van der Waals surface area contributed by atoms with E-state index in [0.717, 1.165) is 19.8 Å². The van der Waals surface area contributed by atoms with Gasteiger partial charge in [-0.1, -0.05) is 0 Å². The Labute approximate surface area is 219 Å². The molecule has 3 aromatic rings. The quantitative estimate of drug-likeness (QED) is 0.124. The van der Waals surface area contributed by atoms with Gasteiger partial charge in [0.25, 0.3) is 0 Å². The second kappa shape index (κ2) is 6.98. The fraction of sp³-hybridized carbons (Fsp3) is 0.0500. The summed E-state index contributed by atoms with van der Waals surface area (Å²) in [5.74, 6) is 0.421. The minimum atomic E-state index is -1.22. The second-order valence-corrected chi connectivity index (χ2v) is 10.9. The van der Waals surface area contributed by atoms with Crippen LogP contribution in [0.1, 0.15) is 27.0 Å².